The predicted molar refractivity (Wildman–Crippen MR) is 5.75 cm³/mol. The van der Waals surface area contributed by atoms with Gasteiger partial charge in [-0.05, 0) is 0 Å². The molecule has 0 atom stereocenters. The van der Waals surface area contributed by atoms with Crippen LogP contribution in [0.2, 0.25) is 0 Å². The first-order valence-electron chi connectivity index (χ1n) is 0. The summed E-state index contributed by atoms with van der Waals surface area (Å²) in [5.74, 6) is 0. The summed E-state index contributed by atoms with van der Waals surface area (Å²) in [6.45, 7) is 0. The second-order valence-corrected chi connectivity index (χ2v) is 0. The Kier molecular flexibility index (Phi) is 227. The third-order valence-electron chi connectivity index (χ3n) is 0. The van der Waals surface area contributed by atoms with Crippen molar-refractivity contribution in [2.75, 3.05) is 0 Å². The van der Waals surface area contributed by atoms with Crippen LogP contribution in [0.3, 0.4) is 0 Å². The minimum absolute atomic E-state index is 0. The van der Waals surface area contributed by atoms with Gasteiger partial charge in [-0.3, -0.25) is 0 Å². The molecule has 0 aromatic carbocycles. The summed E-state index contributed by atoms with van der Waals surface area (Å²) in [7, 11) is 0. The Morgan fingerprint density at radius 2 is 1.00 bits per heavy atom. The van der Waals surface area contributed by atoms with Gasteiger partial charge in [-0.15, -0.1) is 0 Å². The van der Waals surface area contributed by atoms with Gasteiger partial charge in [0.05, 0.1) is 0 Å². The van der Waals surface area contributed by atoms with Gasteiger partial charge in [-0.25, -0.2) is 0 Å². The van der Waals surface area contributed by atoms with Crippen molar-refractivity contribution in [1.82, 2.24) is 0 Å². The Hall–Kier alpha value is 3.17. The van der Waals surface area contributed by atoms with Gasteiger partial charge < -0.3 is 0 Å². The summed E-state index contributed by atoms with van der Waals surface area (Å²) in [6.07, 6.45) is 0. The van der Waals surface area contributed by atoms with Gasteiger partial charge in [0.2, 0.25) is 0 Å². The second-order valence-electron chi connectivity index (χ2n) is 0. The molecule has 5 heteroatoms. The molecule has 4 radical (unpaired) electrons. The Morgan fingerprint density at radius 3 is 1.00 bits per heavy atom. The Morgan fingerprint density at radius 1 is 1.00 bits per heavy atom. The van der Waals surface area contributed by atoms with Crippen LogP contribution in [0, 0.1) is 0 Å². The molecule has 0 aliphatic heterocycles. The predicted octanol–water partition coefficient (Wildman–Crippen LogP) is -0.391. The molecular weight excluding hydrogens is 277 g/mol. The maximum absolute atomic E-state index is 0. The summed E-state index contributed by atoms with van der Waals surface area (Å²) in [5, 5.41) is 0. The molecule has 0 aliphatic carbocycles. The molecule has 0 unspecified atom stereocenters. The molecule has 26 valence electrons. The third-order valence-corrected chi connectivity index (χ3v) is 0. The molecule has 0 N–H and O–H groups in total. The van der Waals surface area contributed by atoms with Gasteiger partial charge in [0.15, 0.2) is 0 Å². The van der Waals surface area contributed by atoms with Gasteiger partial charge in [-0.1, -0.05) is 0 Å². The zero-order chi connectivity index (χ0) is 0. The molecule has 0 spiro atoms. The van der Waals surface area contributed by atoms with Crippen LogP contribution in [0.15, 0.2) is 0 Å². The van der Waals surface area contributed by atoms with E-state index in [0.717, 1.165) is 0 Å². The molecule has 5 heavy (non-hydrogen) atoms. The quantitative estimate of drug-likeness (QED) is 0.529. The average molecular weight is 277 g/mol. The molecule has 0 saturated carbocycles. The summed E-state index contributed by atoms with van der Waals surface area (Å²) in [5.41, 5.74) is 0. The van der Waals surface area contributed by atoms with E-state index in [1.807, 2.05) is 0 Å². The summed E-state index contributed by atoms with van der Waals surface area (Å²) < 4.78 is 0. The van der Waals surface area contributed by atoms with Gasteiger partial charge >= 0.3 is 0 Å². The van der Waals surface area contributed by atoms with Crippen LogP contribution < -0.4 is 0 Å². The summed E-state index contributed by atoms with van der Waals surface area (Å²) in [6, 6.07) is 0. The number of hydrogen-bond donors (Lipinski definition) is 0. The van der Waals surface area contributed by atoms with Crippen LogP contribution in [-0.2, 0) is 82.1 Å². The van der Waals surface area contributed by atoms with E-state index < -0.39 is 0 Å². The van der Waals surface area contributed by atoms with Gasteiger partial charge in [0.25, 0.3) is 0 Å². The van der Waals surface area contributed by atoms with Gasteiger partial charge in [0, 0.05) is 99.4 Å². The SMILES string of the molecule is [Al].[Co].[Cr].[Ti].[Zr]. The first-order valence-corrected chi connectivity index (χ1v) is 0. The van der Waals surface area contributed by atoms with Crippen molar-refractivity contribution in [3.8, 4) is 0 Å². The van der Waals surface area contributed by atoms with E-state index in [2.05, 4.69) is 0 Å². The van der Waals surface area contributed by atoms with Gasteiger partial charge in [-0.2, -0.15) is 0 Å². The fourth-order valence-electron chi connectivity index (χ4n) is 0. The molecule has 0 aromatic heterocycles. The molecule has 0 heterocycles. The zero-order valence-corrected chi connectivity index (χ0v) is 9.81. The number of hydrogen-bond acceptors (Lipinski definition) is 0. The smallest absolute Gasteiger partial charge is 0 e. The normalized spacial score (nSPS) is 0. The fraction of sp³-hybridized carbons (Fsp3) is 0. The molecule has 0 saturated heterocycles. The van der Waals surface area contributed by atoms with Crippen LogP contribution >= 0.6 is 0 Å². The van der Waals surface area contributed by atoms with Crippen LogP contribution in [0.4, 0.5) is 0 Å². The minimum atomic E-state index is 0. The van der Waals surface area contributed by atoms with Crippen molar-refractivity contribution in [2.45, 2.75) is 0 Å². The molecule has 0 rings (SSSR count). The standard InChI is InChI=1S/Al.Co.Cr.Ti.Zr. The van der Waals surface area contributed by atoms with Crippen molar-refractivity contribution in [3.63, 3.8) is 0 Å². The first-order chi connectivity index (χ1) is 0. The zero-order valence-electron chi connectivity index (χ0n) is 2.32. The molecular formula is AlCoCrTiZr. The third kappa shape index (κ3) is 19.1. The van der Waals surface area contributed by atoms with Crippen LogP contribution in [0.25, 0.3) is 0 Å². The van der Waals surface area contributed by atoms with Crippen LogP contribution in [-0.4, -0.2) is 17.4 Å². The van der Waals surface area contributed by atoms with E-state index in [1.54, 1.807) is 0 Å². The van der Waals surface area contributed by atoms with Crippen molar-refractivity contribution in [3.05, 3.63) is 0 Å². The molecule has 0 fully saturated rings. The minimum Gasteiger partial charge on any atom is 0 e. The van der Waals surface area contributed by atoms with Crippen molar-refractivity contribution >= 4 is 17.4 Å². The van der Waals surface area contributed by atoms with Crippen molar-refractivity contribution in [2.24, 2.45) is 0 Å². The fourth-order valence-corrected chi connectivity index (χ4v) is 0. The molecule has 0 aromatic rings. The maximum atomic E-state index is 0. The van der Waals surface area contributed by atoms with E-state index >= 15 is 0 Å². The first kappa shape index (κ1) is 41.8. The van der Waals surface area contributed by atoms with E-state index in [4.69, 9.17) is 0 Å². The topological polar surface area (TPSA) is 0 Å². The summed E-state index contributed by atoms with van der Waals surface area (Å²) >= 11 is 0. The number of rotatable bonds is 0. The van der Waals surface area contributed by atoms with Crippen LogP contribution in [0.5, 0.6) is 0 Å². The van der Waals surface area contributed by atoms with E-state index in [0.29, 0.717) is 0 Å². The van der Waals surface area contributed by atoms with E-state index in [1.165, 1.54) is 0 Å². The molecule has 0 bridgehead atoms. The van der Waals surface area contributed by atoms with E-state index in [-0.39, 0.29) is 99.4 Å². The monoisotopic (exact) mass is 276 g/mol. The maximum Gasteiger partial charge on any atom is 0 e. The van der Waals surface area contributed by atoms with Crippen LogP contribution in [0.1, 0.15) is 0 Å². The molecule has 0 nitrogen and oxygen atoms in total. The van der Waals surface area contributed by atoms with E-state index in [9.17, 15) is 0 Å². The Labute approximate surface area is 97.7 Å². The average Bonchev–Trinajstić information content (AvgIpc) is 0. The second kappa shape index (κ2) is 27.2. The van der Waals surface area contributed by atoms with Crippen molar-refractivity contribution in [1.29, 1.82) is 0 Å². The molecule has 0 aliphatic rings. The Bertz CT molecular complexity index is 11.6. The molecule has 0 amide bonds. The Balaban J connectivity index is 0. The van der Waals surface area contributed by atoms with Gasteiger partial charge in [0.1, 0.15) is 0 Å². The van der Waals surface area contributed by atoms with Crippen molar-refractivity contribution < 1.29 is 82.1 Å². The summed E-state index contributed by atoms with van der Waals surface area (Å²) in [4.78, 5) is 0. The largest absolute Gasteiger partial charge is 0 e.